The highest BCUT2D eigenvalue weighted by atomic mass is 15.2. The normalized spacial score (nSPS) is 12.2. The third-order valence-electron chi connectivity index (χ3n) is 13.5. The SMILES string of the molecule is Cc1ccc(N(c2ccc(C(C)C)cc2)c2c3ccccc3cc3c2c2cccc4c5c(N(c6ccc(C(C)C)cc6)c6ccc(C(C)C)cc6)c6ccccc6cc5n3c24)cc1. The Morgan fingerprint density at radius 1 is 0.365 bits per heavy atom. The van der Waals surface area contributed by atoms with Gasteiger partial charge in [-0.25, -0.2) is 0 Å². The predicted octanol–water partition coefficient (Wildman–Crippen LogP) is 17.8. The van der Waals surface area contributed by atoms with Crippen molar-refractivity contribution in [3.05, 3.63) is 198 Å². The number of rotatable bonds is 9. The largest absolute Gasteiger partial charge is 0.309 e. The van der Waals surface area contributed by atoms with Crippen molar-refractivity contribution in [3.63, 3.8) is 0 Å². The fourth-order valence-electron chi connectivity index (χ4n) is 10.1. The number of hydrogen-bond donors (Lipinski definition) is 0. The van der Waals surface area contributed by atoms with Crippen LogP contribution in [0.3, 0.4) is 0 Å². The lowest BCUT2D eigenvalue weighted by molar-refractivity contribution is 0.866. The van der Waals surface area contributed by atoms with Gasteiger partial charge in [-0.05, 0) is 113 Å². The monoisotopic (exact) mass is 815 g/mol. The van der Waals surface area contributed by atoms with Crippen LogP contribution >= 0.6 is 0 Å². The smallest absolute Gasteiger partial charge is 0.0640 e. The van der Waals surface area contributed by atoms with Crippen LogP contribution in [-0.4, -0.2) is 4.40 Å². The maximum atomic E-state index is 2.58. The highest BCUT2D eigenvalue weighted by molar-refractivity contribution is 6.33. The maximum Gasteiger partial charge on any atom is 0.0640 e. The fraction of sp³-hybridized carbons (Fsp3) is 0.167. The molecule has 0 saturated carbocycles. The van der Waals surface area contributed by atoms with Crippen molar-refractivity contribution in [1.29, 1.82) is 0 Å². The Hall–Kier alpha value is -7.10. The van der Waals surface area contributed by atoms with Gasteiger partial charge < -0.3 is 14.2 Å². The summed E-state index contributed by atoms with van der Waals surface area (Å²) in [6.07, 6.45) is 0. The van der Waals surface area contributed by atoms with Gasteiger partial charge in [0.25, 0.3) is 0 Å². The summed E-state index contributed by atoms with van der Waals surface area (Å²) in [5.74, 6) is 1.33. The molecular formula is C60H53N3. The van der Waals surface area contributed by atoms with E-state index < -0.39 is 0 Å². The van der Waals surface area contributed by atoms with Gasteiger partial charge in [-0.3, -0.25) is 0 Å². The van der Waals surface area contributed by atoms with Crippen LogP contribution in [0.5, 0.6) is 0 Å². The summed E-state index contributed by atoms with van der Waals surface area (Å²) < 4.78 is 2.58. The Bertz CT molecular complexity index is 3410. The van der Waals surface area contributed by atoms with Crippen molar-refractivity contribution < 1.29 is 0 Å². The molecule has 0 aliphatic carbocycles. The first-order chi connectivity index (χ1) is 30.7. The second kappa shape index (κ2) is 15.1. The Labute approximate surface area is 370 Å². The van der Waals surface area contributed by atoms with Gasteiger partial charge in [0.1, 0.15) is 0 Å². The second-order valence-corrected chi connectivity index (χ2v) is 18.5. The molecule has 0 aliphatic rings. The first kappa shape index (κ1) is 38.8. The van der Waals surface area contributed by atoms with Crippen LogP contribution in [0.2, 0.25) is 0 Å². The van der Waals surface area contributed by atoms with Crippen LogP contribution in [0.4, 0.5) is 34.1 Å². The summed E-state index contributed by atoms with van der Waals surface area (Å²) in [4.78, 5) is 5.02. The molecule has 11 aromatic rings. The molecule has 0 saturated heterocycles. The van der Waals surface area contributed by atoms with Crippen LogP contribution in [-0.2, 0) is 0 Å². The molecule has 0 N–H and O–H groups in total. The van der Waals surface area contributed by atoms with Crippen molar-refractivity contribution in [3.8, 4) is 0 Å². The van der Waals surface area contributed by atoms with Gasteiger partial charge in [0.15, 0.2) is 0 Å². The number of fused-ring (bicyclic) bond motifs is 8. The molecule has 2 heterocycles. The highest BCUT2D eigenvalue weighted by Gasteiger charge is 2.29. The maximum absolute atomic E-state index is 2.58. The molecule has 0 unspecified atom stereocenters. The summed E-state index contributed by atoms with van der Waals surface area (Å²) >= 11 is 0. The topological polar surface area (TPSA) is 10.9 Å². The number of benzene rings is 9. The van der Waals surface area contributed by atoms with E-state index >= 15 is 0 Å². The zero-order valence-corrected chi connectivity index (χ0v) is 37.3. The molecule has 0 atom stereocenters. The van der Waals surface area contributed by atoms with E-state index in [0.717, 1.165) is 22.7 Å². The van der Waals surface area contributed by atoms with Gasteiger partial charge >= 0.3 is 0 Å². The molecule has 0 bridgehead atoms. The van der Waals surface area contributed by atoms with Crippen molar-refractivity contribution >= 4 is 93.8 Å². The summed E-state index contributed by atoms with van der Waals surface area (Å²) in [5.41, 5.74) is 15.9. The molecule has 0 aliphatic heterocycles. The van der Waals surface area contributed by atoms with E-state index in [1.165, 1.54) is 93.3 Å². The molecule has 0 radical (unpaired) electrons. The van der Waals surface area contributed by atoms with E-state index in [0.29, 0.717) is 17.8 Å². The van der Waals surface area contributed by atoms with Crippen LogP contribution in [0.25, 0.3) is 59.6 Å². The van der Waals surface area contributed by atoms with Gasteiger partial charge in [-0.15, -0.1) is 0 Å². The fourth-order valence-corrected chi connectivity index (χ4v) is 10.1. The van der Waals surface area contributed by atoms with Crippen LogP contribution in [0, 0.1) is 6.92 Å². The lowest BCUT2D eigenvalue weighted by atomic mass is 9.97. The van der Waals surface area contributed by atoms with E-state index in [4.69, 9.17) is 0 Å². The molecule has 63 heavy (non-hydrogen) atoms. The Morgan fingerprint density at radius 3 is 1.06 bits per heavy atom. The molecule has 2 aromatic heterocycles. The van der Waals surface area contributed by atoms with Crippen LogP contribution < -0.4 is 9.80 Å². The molecule has 0 spiro atoms. The molecule has 11 rings (SSSR count). The predicted molar refractivity (Wildman–Crippen MR) is 272 cm³/mol. The molecule has 0 fully saturated rings. The molecule has 9 aromatic carbocycles. The minimum atomic E-state index is 0.443. The third-order valence-corrected chi connectivity index (χ3v) is 13.5. The number of nitrogens with zero attached hydrogens (tertiary/aromatic N) is 3. The number of aryl methyl sites for hydroxylation is 1. The summed E-state index contributed by atoms with van der Waals surface area (Å²) in [6, 6.07) is 66.5. The lowest BCUT2D eigenvalue weighted by Crippen LogP contribution is -2.12. The van der Waals surface area contributed by atoms with E-state index in [1.54, 1.807) is 0 Å². The first-order valence-corrected chi connectivity index (χ1v) is 22.7. The molecule has 3 heteroatoms. The van der Waals surface area contributed by atoms with Crippen molar-refractivity contribution in [1.82, 2.24) is 4.40 Å². The van der Waals surface area contributed by atoms with Crippen LogP contribution in [0.1, 0.15) is 81.5 Å². The average molecular weight is 816 g/mol. The zero-order valence-electron chi connectivity index (χ0n) is 37.3. The molecule has 0 amide bonds. The van der Waals surface area contributed by atoms with Crippen molar-refractivity contribution in [2.24, 2.45) is 0 Å². The Balaban J connectivity index is 1.28. The average Bonchev–Trinajstić information content (AvgIpc) is 3.82. The van der Waals surface area contributed by atoms with Gasteiger partial charge in [0.05, 0.1) is 27.9 Å². The molecule has 3 nitrogen and oxygen atoms in total. The summed E-state index contributed by atoms with van der Waals surface area (Å²) in [7, 11) is 0. The number of anilines is 6. The van der Waals surface area contributed by atoms with Gasteiger partial charge in [0, 0.05) is 55.1 Å². The van der Waals surface area contributed by atoms with Gasteiger partial charge in [0.2, 0.25) is 0 Å². The molecule has 308 valence electrons. The lowest BCUT2D eigenvalue weighted by Gasteiger charge is -2.29. The van der Waals surface area contributed by atoms with E-state index in [2.05, 4.69) is 239 Å². The standard InChI is InChI=1S/C60H53N3/c1-37(2)41-21-29-47(30-22-41)61(46-27-19-40(7)20-28-46)59-50-15-10-8-13-44(50)35-54-56(59)52-17-12-18-53-57-55(63(54)58(52)53)36-45-14-9-11-16-51(45)60(57)62(48-31-23-42(24-32-48)38(3)4)49-33-25-43(26-34-49)39(5)6/h8-39H,1-7H3. The minimum absolute atomic E-state index is 0.443. The Morgan fingerprint density at radius 2 is 0.698 bits per heavy atom. The molecular weight excluding hydrogens is 763 g/mol. The second-order valence-electron chi connectivity index (χ2n) is 18.5. The highest BCUT2D eigenvalue weighted by Crippen LogP contribution is 2.53. The number of aromatic nitrogens is 1. The summed E-state index contributed by atoms with van der Waals surface area (Å²) in [6.45, 7) is 15.8. The third kappa shape index (κ3) is 6.24. The number of para-hydroxylation sites is 1. The van der Waals surface area contributed by atoms with Crippen LogP contribution in [0.15, 0.2) is 176 Å². The van der Waals surface area contributed by atoms with Gasteiger partial charge in [-0.2, -0.15) is 0 Å². The van der Waals surface area contributed by atoms with E-state index in [1.807, 2.05) is 0 Å². The van der Waals surface area contributed by atoms with Crippen molar-refractivity contribution in [2.75, 3.05) is 9.80 Å². The Kier molecular flexibility index (Phi) is 9.28. The van der Waals surface area contributed by atoms with Gasteiger partial charge in [-0.1, -0.05) is 162 Å². The minimum Gasteiger partial charge on any atom is -0.309 e. The van der Waals surface area contributed by atoms with E-state index in [-0.39, 0.29) is 0 Å². The first-order valence-electron chi connectivity index (χ1n) is 22.7. The van der Waals surface area contributed by atoms with Crippen molar-refractivity contribution in [2.45, 2.75) is 66.2 Å². The summed E-state index contributed by atoms with van der Waals surface area (Å²) in [5, 5.41) is 9.89. The number of hydrogen-bond acceptors (Lipinski definition) is 2. The zero-order chi connectivity index (χ0) is 43.1. The quantitative estimate of drug-likeness (QED) is 0.144. The van der Waals surface area contributed by atoms with E-state index in [9.17, 15) is 0 Å².